The van der Waals surface area contributed by atoms with Gasteiger partial charge >= 0.3 is 44.8 Å². The van der Waals surface area contributed by atoms with Gasteiger partial charge in [-0.15, -0.1) is 0 Å². The van der Waals surface area contributed by atoms with Crippen molar-refractivity contribution in [3.8, 4) is 0 Å². The molecule has 0 saturated carbocycles. The van der Waals surface area contributed by atoms with E-state index in [4.69, 9.17) is 0 Å². The molecule has 0 bridgehead atoms. The molecule has 0 saturated heterocycles. The van der Waals surface area contributed by atoms with E-state index in [-0.39, 0.29) is 44.8 Å². The normalized spacial score (nSPS) is 9.00. The van der Waals surface area contributed by atoms with Crippen molar-refractivity contribution in [2.45, 2.75) is 0 Å². The average Bonchev–Trinajstić information content (AvgIpc) is 1.79. The zero-order valence-corrected chi connectivity index (χ0v) is 8.51. The number of aliphatic carboxylic acids is 2. The number of carbonyl (C=O) groups excluding carboxylic acids is 2. The number of allylic oxidation sites excluding steroid dienone is 2. The Hall–Kier alpha value is -0.0995. The topological polar surface area (TPSA) is 80.3 Å². The van der Waals surface area contributed by atoms with Crippen LogP contribution >= 0.6 is 0 Å². The maximum Gasteiger partial charge on any atom is 1.00 e. The average molecular weight is 356 g/mol. The van der Waals surface area contributed by atoms with Crippen molar-refractivity contribution in [1.29, 1.82) is 0 Å². The summed E-state index contributed by atoms with van der Waals surface area (Å²) in [4.78, 5) is 19.3. The zero-order chi connectivity index (χ0) is 7.98. The van der Waals surface area contributed by atoms with E-state index >= 15 is 0 Å². The maximum atomic E-state index is 9.65. The number of carbonyl (C=O) groups is 2. The van der Waals surface area contributed by atoms with Gasteiger partial charge < -0.3 is 19.8 Å². The summed E-state index contributed by atoms with van der Waals surface area (Å²) in [6.07, 6.45) is 3.48. The molecule has 0 heterocycles. The third kappa shape index (κ3) is 16.5. The van der Waals surface area contributed by atoms with E-state index in [0.717, 1.165) is 12.2 Å². The maximum absolute atomic E-state index is 9.65. The fourth-order valence-electron chi connectivity index (χ4n) is 0.268. The molecule has 0 fully saturated rings. The van der Waals surface area contributed by atoms with Gasteiger partial charge in [0.15, 0.2) is 0 Å². The molecule has 0 aromatic carbocycles. The Morgan fingerprint density at radius 3 is 1.25 bits per heavy atom. The Balaban J connectivity index is -0.000000405. The molecule has 0 amide bonds. The minimum Gasteiger partial charge on any atom is -0.545 e. The molecule has 0 rings (SSSR count). The van der Waals surface area contributed by atoms with Crippen molar-refractivity contribution in [2.75, 3.05) is 0 Å². The summed E-state index contributed by atoms with van der Waals surface area (Å²) >= 11 is 0. The molecular weight excluding hydrogens is 352 g/mol. The molecule has 0 aliphatic heterocycles. The summed E-state index contributed by atoms with van der Waals surface area (Å²) in [5.41, 5.74) is 0. The van der Waals surface area contributed by atoms with Crippen molar-refractivity contribution in [2.24, 2.45) is 0 Å². The molecule has 0 radical (unpaired) electrons. The molecule has 0 spiro atoms. The van der Waals surface area contributed by atoms with Crippen LogP contribution in [0.4, 0.5) is 0 Å². The van der Waals surface area contributed by atoms with Gasteiger partial charge in [-0.25, -0.2) is 0 Å². The van der Waals surface area contributed by atoms with Crippen LogP contribution in [0.15, 0.2) is 24.3 Å². The molecule has 74 valence electrons. The Bertz CT molecular complexity index is 176. The molecule has 4 nitrogen and oxygen atoms in total. The molecule has 0 aliphatic rings. The zero-order valence-electron chi connectivity index (χ0n) is 5.55. The van der Waals surface area contributed by atoms with Crippen molar-refractivity contribution < 1.29 is 64.6 Å². The predicted molar refractivity (Wildman–Crippen MR) is 28.3 cm³/mol. The molecule has 0 aromatic rings. The Labute approximate surface area is 100 Å². The predicted octanol–water partition coefficient (Wildman–Crippen LogP) is -2.41. The number of rotatable bonds is 3. The van der Waals surface area contributed by atoms with Gasteiger partial charge in [0.05, 0.1) is 11.9 Å². The second kappa shape index (κ2) is 10.9. The summed E-state index contributed by atoms with van der Waals surface area (Å²) in [5, 5.41) is 19.3. The first-order valence-corrected chi connectivity index (χ1v) is 2.39. The molecule has 0 unspecified atom stereocenters. The second-order valence-corrected chi connectivity index (χ2v) is 1.36. The van der Waals surface area contributed by atoms with Crippen LogP contribution in [0.3, 0.4) is 0 Å². The van der Waals surface area contributed by atoms with Crippen LogP contribution in [0, 0.1) is 0 Å². The monoisotopic (exact) mass is 354 g/mol. The van der Waals surface area contributed by atoms with Crippen molar-refractivity contribution >= 4 is 11.9 Å². The number of carboxylic acid groups (broad SMARTS) is 2. The fourth-order valence-corrected chi connectivity index (χ4v) is 0.268. The third-order valence-electron chi connectivity index (χ3n) is 0.576. The molecule has 12 heavy (non-hydrogen) atoms. The van der Waals surface area contributed by atoms with Crippen LogP contribution in [0.1, 0.15) is 0 Å². The minimum absolute atomic E-state index is 0. The Kier molecular flexibility index (Phi) is 16.2. The van der Waals surface area contributed by atoms with Gasteiger partial charge in [0, 0.05) is 0 Å². The van der Waals surface area contributed by atoms with Crippen LogP contribution in [-0.2, 0) is 54.3 Å². The van der Waals surface area contributed by atoms with Gasteiger partial charge in [-0.3, -0.25) is 0 Å². The Morgan fingerprint density at radius 2 is 1.08 bits per heavy atom. The van der Waals surface area contributed by atoms with Crippen LogP contribution in [0.5, 0.6) is 0 Å². The largest absolute Gasteiger partial charge is 1.00 e. The summed E-state index contributed by atoms with van der Waals surface area (Å²) < 4.78 is 0. The van der Waals surface area contributed by atoms with Crippen molar-refractivity contribution in [1.82, 2.24) is 0 Å². The first-order valence-electron chi connectivity index (χ1n) is 2.39. The van der Waals surface area contributed by atoms with E-state index in [1.165, 1.54) is 0 Å². The standard InChI is InChI=1S/C6H6O4.2Ag/c7-5(8)3-1-2-4-6(9)10;;/h1-4H,(H,7,8)(H,9,10);;/q;2*+1/p-2. The van der Waals surface area contributed by atoms with E-state index in [1.54, 1.807) is 0 Å². The van der Waals surface area contributed by atoms with Crippen LogP contribution in [0.25, 0.3) is 0 Å². The van der Waals surface area contributed by atoms with Gasteiger partial charge in [-0.1, -0.05) is 12.2 Å². The summed E-state index contributed by atoms with van der Waals surface area (Å²) in [5.74, 6) is -2.74. The summed E-state index contributed by atoms with van der Waals surface area (Å²) in [6, 6.07) is 0. The van der Waals surface area contributed by atoms with E-state index in [1.807, 2.05) is 0 Å². The van der Waals surface area contributed by atoms with Crippen LogP contribution in [0.2, 0.25) is 0 Å². The van der Waals surface area contributed by atoms with E-state index < -0.39 is 11.9 Å². The SMILES string of the molecule is O=C([O-])C=CC=CC(=O)[O-].[Ag+].[Ag+]. The molecule has 0 N–H and O–H groups in total. The smallest absolute Gasteiger partial charge is 0.545 e. The Morgan fingerprint density at radius 1 is 0.833 bits per heavy atom. The van der Waals surface area contributed by atoms with Gasteiger partial charge in [-0.2, -0.15) is 0 Å². The van der Waals surface area contributed by atoms with Crippen LogP contribution in [-0.4, -0.2) is 11.9 Å². The van der Waals surface area contributed by atoms with Gasteiger partial charge in [0.2, 0.25) is 0 Å². The molecule has 0 atom stereocenters. The third-order valence-corrected chi connectivity index (χ3v) is 0.576. The first-order chi connectivity index (χ1) is 4.63. The number of carboxylic acids is 2. The van der Waals surface area contributed by atoms with E-state index in [2.05, 4.69) is 0 Å². The van der Waals surface area contributed by atoms with Crippen LogP contribution < -0.4 is 10.2 Å². The quantitative estimate of drug-likeness (QED) is 0.321. The summed E-state index contributed by atoms with van der Waals surface area (Å²) in [7, 11) is 0. The molecule has 0 aliphatic carbocycles. The van der Waals surface area contributed by atoms with E-state index in [9.17, 15) is 19.8 Å². The van der Waals surface area contributed by atoms with Gasteiger partial charge in [-0.05, 0) is 12.2 Å². The molecular formula is C6H4Ag2O4. The van der Waals surface area contributed by atoms with Crippen molar-refractivity contribution in [3.63, 3.8) is 0 Å². The first kappa shape index (κ1) is 17.8. The van der Waals surface area contributed by atoms with Crippen molar-refractivity contribution in [3.05, 3.63) is 24.3 Å². The van der Waals surface area contributed by atoms with E-state index in [0.29, 0.717) is 12.2 Å². The second-order valence-electron chi connectivity index (χ2n) is 1.36. The molecule has 0 aromatic heterocycles. The fraction of sp³-hybridized carbons (Fsp3) is 0. The van der Waals surface area contributed by atoms with Gasteiger partial charge in [0.1, 0.15) is 0 Å². The summed E-state index contributed by atoms with van der Waals surface area (Å²) in [6.45, 7) is 0. The number of hydrogen-bond donors (Lipinski definition) is 0. The minimum atomic E-state index is -1.37. The number of hydrogen-bond acceptors (Lipinski definition) is 4. The molecule has 6 heteroatoms. The van der Waals surface area contributed by atoms with Gasteiger partial charge in [0.25, 0.3) is 0 Å².